The first kappa shape index (κ1) is 21.1. The van der Waals surface area contributed by atoms with E-state index in [1.807, 2.05) is 41.9 Å². The van der Waals surface area contributed by atoms with Gasteiger partial charge in [0.25, 0.3) is 5.91 Å². The van der Waals surface area contributed by atoms with Gasteiger partial charge in [0.05, 0.1) is 11.4 Å². The van der Waals surface area contributed by atoms with Crippen LogP contribution in [-0.4, -0.2) is 37.1 Å². The van der Waals surface area contributed by atoms with Crippen LogP contribution in [0.25, 0.3) is 21.2 Å². The molecule has 1 saturated carbocycles. The van der Waals surface area contributed by atoms with Crippen LogP contribution < -0.4 is 21.3 Å². The maximum Gasteiger partial charge on any atom is 0.274 e. The fourth-order valence-electron chi connectivity index (χ4n) is 4.78. The standard InChI is InChI=1S/C27H27N5OS/c28-21-7-5-19(25-2-1-13-34-25)15-22(21)31-27(33)23-14-18-6-8-24(32-11-9-29-10-12-32)26(17-3-4-17)20(18)16-30-23/h1-2,5-8,13-17,29H,3-4,9-12,28H2,(H,31,33). The van der Waals surface area contributed by atoms with Gasteiger partial charge in [-0.25, -0.2) is 0 Å². The van der Waals surface area contributed by atoms with Gasteiger partial charge < -0.3 is 21.3 Å². The number of rotatable bonds is 5. The molecule has 2 aromatic carbocycles. The Morgan fingerprint density at radius 1 is 1.12 bits per heavy atom. The molecule has 7 heteroatoms. The number of hydrogen-bond donors (Lipinski definition) is 3. The highest BCUT2D eigenvalue weighted by molar-refractivity contribution is 7.13. The molecule has 6 rings (SSSR count). The summed E-state index contributed by atoms with van der Waals surface area (Å²) in [4.78, 5) is 21.3. The van der Waals surface area contributed by atoms with Crippen LogP contribution in [0, 0.1) is 0 Å². The van der Waals surface area contributed by atoms with E-state index in [-0.39, 0.29) is 5.91 Å². The van der Waals surface area contributed by atoms with Gasteiger partial charge in [-0.05, 0) is 71.0 Å². The number of benzene rings is 2. The zero-order chi connectivity index (χ0) is 23.1. The van der Waals surface area contributed by atoms with E-state index in [0.717, 1.165) is 47.4 Å². The van der Waals surface area contributed by atoms with Gasteiger partial charge in [-0.2, -0.15) is 0 Å². The number of thiophene rings is 1. The average Bonchev–Trinajstić information content (AvgIpc) is 3.57. The number of carbonyl (C=O) groups is 1. The van der Waals surface area contributed by atoms with Crippen LogP contribution in [-0.2, 0) is 0 Å². The number of nitrogens with zero attached hydrogens (tertiary/aromatic N) is 2. The Bertz CT molecular complexity index is 1360. The van der Waals surface area contributed by atoms with Crippen molar-refractivity contribution >= 4 is 45.1 Å². The highest BCUT2D eigenvalue weighted by Gasteiger charge is 2.30. The van der Waals surface area contributed by atoms with E-state index >= 15 is 0 Å². The number of piperazine rings is 1. The third-order valence-electron chi connectivity index (χ3n) is 6.71. The lowest BCUT2D eigenvalue weighted by Gasteiger charge is -2.31. The van der Waals surface area contributed by atoms with E-state index in [1.54, 1.807) is 11.3 Å². The number of amides is 1. The van der Waals surface area contributed by atoms with Crippen LogP contribution in [0.15, 0.2) is 60.1 Å². The summed E-state index contributed by atoms with van der Waals surface area (Å²) in [5, 5.41) is 10.7. The molecule has 0 unspecified atom stereocenters. The topological polar surface area (TPSA) is 83.3 Å². The fourth-order valence-corrected chi connectivity index (χ4v) is 5.51. The Kier molecular flexibility index (Phi) is 5.43. The summed E-state index contributed by atoms with van der Waals surface area (Å²) in [7, 11) is 0. The zero-order valence-corrected chi connectivity index (χ0v) is 19.7. The lowest BCUT2D eigenvalue weighted by molar-refractivity contribution is 0.102. The Labute approximate surface area is 202 Å². The molecule has 6 nitrogen and oxygen atoms in total. The SMILES string of the molecule is Nc1ccc(-c2cccs2)cc1NC(=O)c1cc2ccc(N3CCNCC3)c(C3CC3)c2cn1. The van der Waals surface area contributed by atoms with E-state index in [0.29, 0.717) is 23.0 Å². The number of carbonyl (C=O) groups excluding carboxylic acids is 1. The van der Waals surface area contributed by atoms with Gasteiger partial charge in [-0.1, -0.05) is 18.2 Å². The van der Waals surface area contributed by atoms with Crippen LogP contribution >= 0.6 is 11.3 Å². The predicted molar refractivity (Wildman–Crippen MR) is 141 cm³/mol. The van der Waals surface area contributed by atoms with E-state index < -0.39 is 0 Å². The molecule has 0 spiro atoms. The second-order valence-electron chi connectivity index (χ2n) is 9.03. The minimum atomic E-state index is -0.254. The van der Waals surface area contributed by atoms with Gasteiger partial charge in [-0.3, -0.25) is 9.78 Å². The summed E-state index contributed by atoms with van der Waals surface area (Å²) in [5.74, 6) is 0.339. The van der Waals surface area contributed by atoms with Crippen LogP contribution in [0.5, 0.6) is 0 Å². The van der Waals surface area contributed by atoms with Crippen molar-refractivity contribution in [2.24, 2.45) is 0 Å². The summed E-state index contributed by atoms with van der Waals surface area (Å²) in [6.07, 6.45) is 4.33. The molecule has 3 heterocycles. The molecule has 34 heavy (non-hydrogen) atoms. The lowest BCUT2D eigenvalue weighted by Crippen LogP contribution is -2.43. The third kappa shape index (κ3) is 4.02. The van der Waals surface area contributed by atoms with E-state index in [2.05, 4.69) is 38.7 Å². The molecule has 2 aliphatic rings. The summed E-state index contributed by atoms with van der Waals surface area (Å²) >= 11 is 1.65. The molecule has 2 fully saturated rings. The Morgan fingerprint density at radius 2 is 1.97 bits per heavy atom. The molecule has 4 N–H and O–H groups in total. The van der Waals surface area contributed by atoms with Crippen molar-refractivity contribution < 1.29 is 4.79 Å². The predicted octanol–water partition coefficient (Wildman–Crippen LogP) is 5.08. The second kappa shape index (κ2) is 8.74. The van der Waals surface area contributed by atoms with Crippen molar-refractivity contribution in [2.75, 3.05) is 42.1 Å². The number of aromatic nitrogens is 1. The van der Waals surface area contributed by atoms with Crippen molar-refractivity contribution in [3.63, 3.8) is 0 Å². The monoisotopic (exact) mass is 469 g/mol. The summed E-state index contributed by atoms with van der Waals surface area (Å²) in [6, 6.07) is 16.0. The first-order chi connectivity index (χ1) is 16.7. The molecule has 0 bridgehead atoms. The minimum Gasteiger partial charge on any atom is -0.397 e. The van der Waals surface area contributed by atoms with Crippen molar-refractivity contribution in [3.05, 3.63) is 71.4 Å². The highest BCUT2D eigenvalue weighted by Crippen LogP contribution is 2.47. The molecule has 172 valence electrons. The Hall–Kier alpha value is -3.42. The number of anilines is 3. The van der Waals surface area contributed by atoms with E-state index in [4.69, 9.17) is 5.73 Å². The largest absolute Gasteiger partial charge is 0.397 e. The van der Waals surface area contributed by atoms with Gasteiger partial charge in [0.2, 0.25) is 0 Å². The highest BCUT2D eigenvalue weighted by atomic mass is 32.1. The summed E-state index contributed by atoms with van der Waals surface area (Å²) in [6.45, 7) is 4.06. The molecule has 0 atom stereocenters. The first-order valence-corrected chi connectivity index (χ1v) is 12.7. The summed E-state index contributed by atoms with van der Waals surface area (Å²) < 4.78 is 0. The Balaban J connectivity index is 1.31. The number of hydrogen-bond acceptors (Lipinski definition) is 6. The number of nitrogens with two attached hydrogens (primary N) is 1. The molecule has 1 aliphatic carbocycles. The molecule has 1 aliphatic heterocycles. The number of nitrogen functional groups attached to an aromatic ring is 1. The zero-order valence-electron chi connectivity index (χ0n) is 18.9. The van der Waals surface area contributed by atoms with Gasteiger partial charge in [-0.15, -0.1) is 11.3 Å². The number of pyridine rings is 1. The molecular formula is C27H27N5OS. The average molecular weight is 470 g/mol. The van der Waals surface area contributed by atoms with Crippen molar-refractivity contribution in [2.45, 2.75) is 18.8 Å². The third-order valence-corrected chi connectivity index (χ3v) is 7.62. The van der Waals surface area contributed by atoms with Gasteiger partial charge in [0.15, 0.2) is 0 Å². The normalized spacial score (nSPS) is 16.1. The van der Waals surface area contributed by atoms with Crippen LogP contribution in [0.3, 0.4) is 0 Å². The Morgan fingerprint density at radius 3 is 2.74 bits per heavy atom. The molecule has 1 amide bonds. The van der Waals surface area contributed by atoms with Gasteiger partial charge >= 0.3 is 0 Å². The number of fused-ring (bicyclic) bond motifs is 1. The summed E-state index contributed by atoms with van der Waals surface area (Å²) in [5.41, 5.74) is 11.4. The fraction of sp³-hybridized carbons (Fsp3) is 0.259. The number of nitrogens with one attached hydrogen (secondary N) is 2. The van der Waals surface area contributed by atoms with E-state index in [9.17, 15) is 4.79 Å². The maximum atomic E-state index is 13.1. The smallest absolute Gasteiger partial charge is 0.274 e. The van der Waals surface area contributed by atoms with Crippen molar-refractivity contribution in [1.29, 1.82) is 0 Å². The van der Waals surface area contributed by atoms with Crippen molar-refractivity contribution in [3.8, 4) is 10.4 Å². The van der Waals surface area contributed by atoms with Crippen LogP contribution in [0.2, 0.25) is 0 Å². The maximum absolute atomic E-state index is 13.1. The minimum absolute atomic E-state index is 0.254. The second-order valence-corrected chi connectivity index (χ2v) is 9.98. The van der Waals surface area contributed by atoms with Crippen LogP contribution in [0.1, 0.15) is 34.8 Å². The first-order valence-electron chi connectivity index (χ1n) is 11.8. The quantitative estimate of drug-likeness (QED) is 0.355. The van der Waals surface area contributed by atoms with Crippen LogP contribution in [0.4, 0.5) is 17.1 Å². The van der Waals surface area contributed by atoms with Crippen molar-refractivity contribution in [1.82, 2.24) is 10.3 Å². The molecular weight excluding hydrogens is 442 g/mol. The lowest BCUT2D eigenvalue weighted by atomic mass is 9.98. The molecule has 0 radical (unpaired) electrons. The molecule has 4 aromatic rings. The van der Waals surface area contributed by atoms with Gasteiger partial charge in [0.1, 0.15) is 5.69 Å². The van der Waals surface area contributed by atoms with Gasteiger partial charge in [0, 0.05) is 48.3 Å². The molecule has 1 saturated heterocycles. The molecule has 2 aromatic heterocycles. The van der Waals surface area contributed by atoms with E-state index in [1.165, 1.54) is 24.1 Å².